The van der Waals surface area contributed by atoms with Gasteiger partial charge in [0.25, 0.3) is 0 Å². The second-order valence-electron chi connectivity index (χ2n) is 4.48. The van der Waals surface area contributed by atoms with Crippen molar-refractivity contribution < 1.29 is 9.53 Å². The van der Waals surface area contributed by atoms with E-state index in [1.54, 1.807) is 25.3 Å². The highest BCUT2D eigenvalue weighted by molar-refractivity contribution is 6.34. The molecule has 0 aliphatic carbocycles. The molecule has 0 atom stereocenters. The Bertz CT molecular complexity index is 395. The van der Waals surface area contributed by atoms with Gasteiger partial charge in [0, 0.05) is 11.5 Å². The molecule has 0 N–H and O–H groups in total. The molecule has 2 nitrogen and oxygen atoms in total. The van der Waals surface area contributed by atoms with Crippen LogP contribution in [0.25, 0.3) is 0 Å². The van der Waals surface area contributed by atoms with E-state index in [4.69, 9.17) is 16.3 Å². The number of ketones is 1. The van der Waals surface area contributed by atoms with Crippen molar-refractivity contribution in [3.8, 4) is 5.75 Å². The molecule has 0 amide bonds. The van der Waals surface area contributed by atoms with Crippen LogP contribution in [0.4, 0.5) is 0 Å². The quantitative estimate of drug-likeness (QED) is 0.667. The first-order chi connectivity index (χ1) is 8.63. The number of Topliss-reactive ketones (excluding diaryl/α,β-unsaturated/α-hetero) is 1. The van der Waals surface area contributed by atoms with Gasteiger partial charge in [0.05, 0.1) is 12.1 Å². The van der Waals surface area contributed by atoms with Crippen molar-refractivity contribution in [2.75, 3.05) is 7.11 Å². The molecule has 0 radical (unpaired) electrons. The Labute approximate surface area is 114 Å². The third-order valence-electron chi connectivity index (χ3n) is 3.09. The van der Waals surface area contributed by atoms with E-state index in [1.165, 1.54) is 0 Å². The van der Waals surface area contributed by atoms with Gasteiger partial charge in [0.15, 0.2) is 5.78 Å². The minimum Gasteiger partial charge on any atom is -0.497 e. The number of halogens is 1. The summed E-state index contributed by atoms with van der Waals surface area (Å²) < 4.78 is 5.09. The van der Waals surface area contributed by atoms with Crippen molar-refractivity contribution in [1.82, 2.24) is 0 Å². The first-order valence-corrected chi connectivity index (χ1v) is 6.89. The monoisotopic (exact) mass is 268 g/mol. The van der Waals surface area contributed by atoms with Crippen LogP contribution in [0.15, 0.2) is 18.2 Å². The van der Waals surface area contributed by atoms with E-state index < -0.39 is 0 Å². The van der Waals surface area contributed by atoms with Gasteiger partial charge in [-0.15, -0.1) is 0 Å². The number of benzene rings is 1. The van der Waals surface area contributed by atoms with Gasteiger partial charge in [-0.25, -0.2) is 0 Å². The average Bonchev–Trinajstić information content (AvgIpc) is 2.37. The van der Waals surface area contributed by atoms with Crippen LogP contribution in [-0.4, -0.2) is 12.9 Å². The van der Waals surface area contributed by atoms with E-state index in [9.17, 15) is 4.79 Å². The Kier molecular flexibility index (Phi) is 6.20. The van der Waals surface area contributed by atoms with Crippen LogP contribution in [-0.2, 0) is 0 Å². The molecular weight excluding hydrogens is 248 g/mol. The highest BCUT2D eigenvalue weighted by atomic mass is 35.5. The lowest BCUT2D eigenvalue weighted by molar-refractivity contribution is 0.0905. The molecule has 18 heavy (non-hydrogen) atoms. The summed E-state index contributed by atoms with van der Waals surface area (Å²) in [7, 11) is 1.59. The van der Waals surface area contributed by atoms with Crippen molar-refractivity contribution >= 4 is 17.4 Å². The molecule has 1 aromatic rings. The summed E-state index contributed by atoms with van der Waals surface area (Å²) >= 11 is 6.15. The molecule has 0 fully saturated rings. The molecular formula is C15H21ClO2. The number of rotatable bonds is 7. The second-order valence-corrected chi connectivity index (χ2v) is 4.89. The minimum atomic E-state index is 0.0888. The van der Waals surface area contributed by atoms with Crippen LogP contribution in [0.5, 0.6) is 5.75 Å². The number of ether oxygens (including phenoxy) is 1. The van der Waals surface area contributed by atoms with E-state index in [0.717, 1.165) is 25.7 Å². The highest BCUT2D eigenvalue weighted by Crippen LogP contribution is 2.27. The highest BCUT2D eigenvalue weighted by Gasteiger charge is 2.20. The van der Waals surface area contributed by atoms with Crippen LogP contribution in [0.2, 0.25) is 5.02 Å². The molecule has 0 saturated carbocycles. The fourth-order valence-electron chi connectivity index (χ4n) is 2.15. The summed E-state index contributed by atoms with van der Waals surface area (Å²) in [6.45, 7) is 4.21. The maximum atomic E-state index is 12.4. The van der Waals surface area contributed by atoms with Gasteiger partial charge >= 0.3 is 0 Å². The molecule has 0 bridgehead atoms. The van der Waals surface area contributed by atoms with Gasteiger partial charge in [-0.1, -0.05) is 38.3 Å². The number of carbonyl (C=O) groups is 1. The third-order valence-corrected chi connectivity index (χ3v) is 3.40. The summed E-state index contributed by atoms with van der Waals surface area (Å²) in [5.74, 6) is 0.927. The maximum absolute atomic E-state index is 12.4. The Morgan fingerprint density at radius 2 is 1.89 bits per heavy atom. The molecule has 0 aliphatic rings. The van der Waals surface area contributed by atoms with E-state index in [2.05, 4.69) is 13.8 Å². The van der Waals surface area contributed by atoms with Crippen LogP contribution in [0, 0.1) is 5.92 Å². The number of methoxy groups -OCH3 is 1. The molecule has 0 aromatic heterocycles. The van der Waals surface area contributed by atoms with Crippen LogP contribution < -0.4 is 4.74 Å². The second kappa shape index (κ2) is 7.42. The van der Waals surface area contributed by atoms with Gasteiger partial charge in [-0.2, -0.15) is 0 Å². The average molecular weight is 269 g/mol. The largest absolute Gasteiger partial charge is 0.497 e. The zero-order valence-corrected chi connectivity index (χ0v) is 12.1. The molecule has 0 spiro atoms. The smallest absolute Gasteiger partial charge is 0.167 e. The Morgan fingerprint density at radius 3 is 2.33 bits per heavy atom. The zero-order chi connectivity index (χ0) is 13.5. The molecule has 1 rings (SSSR count). The topological polar surface area (TPSA) is 26.3 Å². The fraction of sp³-hybridized carbons (Fsp3) is 0.533. The van der Waals surface area contributed by atoms with Crippen molar-refractivity contribution in [2.45, 2.75) is 39.5 Å². The summed E-state index contributed by atoms with van der Waals surface area (Å²) in [6, 6.07) is 5.25. The first-order valence-electron chi connectivity index (χ1n) is 6.51. The van der Waals surface area contributed by atoms with Gasteiger partial charge < -0.3 is 4.74 Å². The van der Waals surface area contributed by atoms with Crippen LogP contribution >= 0.6 is 11.6 Å². The Morgan fingerprint density at radius 1 is 1.28 bits per heavy atom. The minimum absolute atomic E-state index is 0.0888. The molecule has 0 unspecified atom stereocenters. The molecule has 0 aliphatic heterocycles. The van der Waals surface area contributed by atoms with E-state index in [0.29, 0.717) is 16.3 Å². The molecule has 100 valence electrons. The summed E-state index contributed by atoms with van der Waals surface area (Å²) in [6.07, 6.45) is 3.89. The number of hydrogen-bond acceptors (Lipinski definition) is 2. The SMILES string of the molecule is CCCC(CCC)C(=O)c1ccc(OC)cc1Cl. The molecule has 1 aromatic carbocycles. The van der Waals surface area contributed by atoms with Crippen molar-refractivity contribution in [3.63, 3.8) is 0 Å². The normalized spacial score (nSPS) is 10.7. The molecule has 0 saturated heterocycles. The predicted octanol–water partition coefficient (Wildman–Crippen LogP) is 4.75. The van der Waals surface area contributed by atoms with Gasteiger partial charge in [0.2, 0.25) is 0 Å². The van der Waals surface area contributed by atoms with Crippen molar-refractivity contribution in [1.29, 1.82) is 0 Å². The zero-order valence-electron chi connectivity index (χ0n) is 11.3. The van der Waals surface area contributed by atoms with Crippen LogP contribution in [0.3, 0.4) is 0 Å². The summed E-state index contributed by atoms with van der Waals surface area (Å²) in [4.78, 5) is 12.4. The standard InChI is InChI=1S/C15H21ClO2/c1-4-6-11(7-5-2)15(17)13-9-8-12(18-3)10-14(13)16/h8-11H,4-7H2,1-3H3. The number of carbonyl (C=O) groups excluding carboxylic acids is 1. The van der Waals surface area contributed by atoms with Crippen molar-refractivity contribution in [3.05, 3.63) is 28.8 Å². The first kappa shape index (κ1) is 15.0. The Balaban J connectivity index is 2.93. The lowest BCUT2D eigenvalue weighted by Crippen LogP contribution is -2.15. The van der Waals surface area contributed by atoms with Gasteiger partial charge in [-0.05, 0) is 31.0 Å². The Hall–Kier alpha value is -1.02. The summed E-state index contributed by atoms with van der Waals surface area (Å²) in [5.41, 5.74) is 0.615. The van der Waals surface area contributed by atoms with Crippen molar-refractivity contribution in [2.24, 2.45) is 5.92 Å². The third kappa shape index (κ3) is 3.74. The van der Waals surface area contributed by atoms with Crippen LogP contribution in [0.1, 0.15) is 49.9 Å². The van der Waals surface area contributed by atoms with E-state index >= 15 is 0 Å². The fourth-order valence-corrected chi connectivity index (χ4v) is 2.41. The predicted molar refractivity (Wildman–Crippen MR) is 75.6 cm³/mol. The van der Waals surface area contributed by atoms with Gasteiger partial charge in [0.1, 0.15) is 5.75 Å². The lowest BCUT2D eigenvalue weighted by atomic mass is 9.90. The lowest BCUT2D eigenvalue weighted by Gasteiger charge is -2.15. The summed E-state index contributed by atoms with van der Waals surface area (Å²) in [5, 5.41) is 0.483. The molecule has 3 heteroatoms. The van der Waals surface area contributed by atoms with Gasteiger partial charge in [-0.3, -0.25) is 4.79 Å². The van der Waals surface area contributed by atoms with E-state index in [1.807, 2.05) is 0 Å². The van der Waals surface area contributed by atoms with E-state index in [-0.39, 0.29) is 11.7 Å². The molecule has 0 heterocycles. The maximum Gasteiger partial charge on any atom is 0.167 e. The number of hydrogen-bond donors (Lipinski definition) is 0.